The molecule has 41 heavy (non-hydrogen) atoms. The van der Waals surface area contributed by atoms with Crippen molar-refractivity contribution in [1.82, 2.24) is 9.13 Å². The van der Waals surface area contributed by atoms with Gasteiger partial charge in [0.15, 0.2) is 4.80 Å². The van der Waals surface area contributed by atoms with Gasteiger partial charge in [0.2, 0.25) is 0 Å². The Hall–Kier alpha value is -4.17. The minimum atomic E-state index is -0.734. The fraction of sp³-hybridized carbons (Fsp3) is 0.303. The highest BCUT2D eigenvalue weighted by atomic mass is 32.1. The quantitative estimate of drug-likeness (QED) is 0.283. The molecule has 4 aromatic rings. The summed E-state index contributed by atoms with van der Waals surface area (Å²) in [5.41, 5.74) is 6.69. The molecular weight excluding hydrogens is 534 g/mol. The van der Waals surface area contributed by atoms with Crippen LogP contribution in [0.1, 0.15) is 61.8 Å². The van der Waals surface area contributed by atoms with Gasteiger partial charge in [0.1, 0.15) is 11.8 Å². The summed E-state index contributed by atoms with van der Waals surface area (Å²) >= 11 is 1.32. The van der Waals surface area contributed by atoms with Crippen molar-refractivity contribution in [3.8, 4) is 11.4 Å². The lowest BCUT2D eigenvalue weighted by Crippen LogP contribution is -2.40. The van der Waals surface area contributed by atoms with Crippen molar-refractivity contribution in [3.63, 3.8) is 0 Å². The van der Waals surface area contributed by atoms with Gasteiger partial charge in [-0.05, 0) is 89.9 Å². The first-order chi connectivity index (χ1) is 19.6. The largest absolute Gasteiger partial charge is 0.491 e. The normalized spacial score (nSPS) is 15.2. The molecule has 212 valence electrons. The molecule has 0 N–H and O–H groups in total. The number of allylic oxidation sites excluding steroid dienone is 1. The Morgan fingerprint density at radius 3 is 2.54 bits per heavy atom. The Bertz CT molecular complexity index is 1860. The zero-order valence-electron chi connectivity index (χ0n) is 24.5. The number of nitrogens with zero attached hydrogens (tertiary/aromatic N) is 3. The maximum Gasteiger partial charge on any atom is 0.338 e. The topological polar surface area (TPSA) is 74.8 Å². The van der Waals surface area contributed by atoms with Gasteiger partial charge in [-0.15, -0.1) is 0 Å². The Labute approximate surface area is 243 Å². The standard InChI is InChI=1S/C33H35N3O4S/c1-8-39-32(38)29-22(6)34-33-36(30(29)26-14-9-10-15-27(26)40-19(2)3)31(37)28(41-33)18-24-17-21(5)35(23(24)7)25-13-11-12-20(4)16-25/h9-19,30H,8H2,1-7H3/b28-18+/t30-/m0/s1. The maximum absolute atomic E-state index is 14.1. The lowest BCUT2D eigenvalue weighted by Gasteiger charge is -2.26. The number of benzene rings is 2. The summed E-state index contributed by atoms with van der Waals surface area (Å²) in [6, 6.07) is 17.2. The van der Waals surface area contributed by atoms with E-state index in [-0.39, 0.29) is 18.3 Å². The molecule has 1 aliphatic heterocycles. The average Bonchev–Trinajstić information content (AvgIpc) is 3.37. The van der Waals surface area contributed by atoms with Crippen LogP contribution in [-0.2, 0) is 9.53 Å². The summed E-state index contributed by atoms with van der Waals surface area (Å²) in [6.07, 6.45) is 1.84. The number of thiazole rings is 1. The minimum Gasteiger partial charge on any atom is -0.491 e. The van der Waals surface area contributed by atoms with Gasteiger partial charge in [-0.1, -0.05) is 41.7 Å². The second-order valence-electron chi connectivity index (χ2n) is 10.5. The van der Waals surface area contributed by atoms with E-state index < -0.39 is 12.0 Å². The Kier molecular flexibility index (Phi) is 7.87. The molecule has 1 atom stereocenters. The molecule has 0 radical (unpaired) electrons. The number of carbonyl (C=O) groups excluding carboxylic acids is 1. The molecule has 2 aromatic carbocycles. The lowest BCUT2D eigenvalue weighted by molar-refractivity contribution is -0.139. The van der Waals surface area contributed by atoms with Crippen LogP contribution < -0.4 is 19.6 Å². The number of aromatic nitrogens is 2. The first-order valence-corrected chi connectivity index (χ1v) is 14.6. The summed E-state index contributed by atoms with van der Waals surface area (Å²) in [5.74, 6) is 0.120. The Balaban J connectivity index is 1.72. The van der Waals surface area contributed by atoms with Crippen LogP contribution >= 0.6 is 11.3 Å². The zero-order chi connectivity index (χ0) is 29.4. The fourth-order valence-electron chi connectivity index (χ4n) is 5.39. The summed E-state index contributed by atoms with van der Waals surface area (Å²) < 4.78 is 15.9. The molecule has 0 aliphatic carbocycles. The van der Waals surface area contributed by atoms with Crippen molar-refractivity contribution in [2.45, 2.75) is 60.6 Å². The molecule has 0 bridgehead atoms. The first kappa shape index (κ1) is 28.4. The molecule has 0 saturated heterocycles. The second-order valence-corrected chi connectivity index (χ2v) is 11.5. The van der Waals surface area contributed by atoms with E-state index in [0.29, 0.717) is 31.9 Å². The second kappa shape index (κ2) is 11.4. The van der Waals surface area contributed by atoms with E-state index in [9.17, 15) is 9.59 Å². The van der Waals surface area contributed by atoms with E-state index in [4.69, 9.17) is 14.5 Å². The number of rotatable bonds is 7. The number of ether oxygens (including phenoxy) is 2. The van der Waals surface area contributed by atoms with Crippen molar-refractivity contribution < 1.29 is 14.3 Å². The van der Waals surface area contributed by atoms with Gasteiger partial charge in [-0.25, -0.2) is 9.79 Å². The number of esters is 1. The predicted molar refractivity (Wildman–Crippen MR) is 163 cm³/mol. The Morgan fingerprint density at radius 2 is 1.83 bits per heavy atom. The minimum absolute atomic E-state index is 0.0910. The number of hydrogen-bond acceptors (Lipinski definition) is 6. The van der Waals surface area contributed by atoms with Crippen molar-refractivity contribution in [3.05, 3.63) is 114 Å². The van der Waals surface area contributed by atoms with Crippen molar-refractivity contribution >= 4 is 23.4 Å². The number of aryl methyl sites for hydroxylation is 2. The zero-order valence-corrected chi connectivity index (χ0v) is 25.3. The number of hydrogen-bond donors (Lipinski definition) is 0. The average molecular weight is 570 g/mol. The van der Waals surface area contributed by atoms with Crippen molar-refractivity contribution in [1.29, 1.82) is 0 Å². The molecule has 0 saturated carbocycles. The summed E-state index contributed by atoms with van der Waals surface area (Å²) in [6.45, 7) is 13.9. The van der Waals surface area contributed by atoms with Crippen LogP contribution in [0.2, 0.25) is 0 Å². The third-order valence-electron chi connectivity index (χ3n) is 7.11. The highest BCUT2D eigenvalue weighted by Crippen LogP contribution is 2.36. The molecule has 0 amide bonds. The lowest BCUT2D eigenvalue weighted by atomic mass is 9.95. The monoisotopic (exact) mass is 569 g/mol. The molecule has 0 fully saturated rings. The molecule has 1 aliphatic rings. The molecule has 5 rings (SSSR count). The molecule has 7 nitrogen and oxygen atoms in total. The van der Waals surface area contributed by atoms with Gasteiger partial charge in [0.25, 0.3) is 5.56 Å². The molecular formula is C33H35N3O4S. The van der Waals surface area contributed by atoms with Crippen LogP contribution in [0, 0.1) is 20.8 Å². The van der Waals surface area contributed by atoms with E-state index in [1.807, 2.05) is 50.3 Å². The number of carbonyl (C=O) groups is 1. The van der Waals surface area contributed by atoms with Crippen LogP contribution in [-0.4, -0.2) is 27.8 Å². The SMILES string of the molecule is CCOC(=O)C1=C(C)N=c2s/c(=C/c3cc(C)n(-c4cccc(C)c4)c3C)c(=O)n2[C@H]1c1ccccc1OC(C)C. The van der Waals surface area contributed by atoms with Crippen LogP contribution in [0.25, 0.3) is 11.8 Å². The van der Waals surface area contributed by atoms with Crippen LogP contribution in [0.5, 0.6) is 5.75 Å². The fourth-order valence-corrected chi connectivity index (χ4v) is 6.43. The van der Waals surface area contributed by atoms with E-state index in [0.717, 1.165) is 22.6 Å². The summed E-state index contributed by atoms with van der Waals surface area (Å²) in [4.78, 5) is 32.7. The van der Waals surface area contributed by atoms with Gasteiger partial charge in [-0.3, -0.25) is 9.36 Å². The van der Waals surface area contributed by atoms with Crippen molar-refractivity contribution in [2.75, 3.05) is 6.61 Å². The predicted octanol–water partition coefficient (Wildman–Crippen LogP) is 5.30. The number of fused-ring (bicyclic) bond motifs is 1. The van der Waals surface area contributed by atoms with Crippen LogP contribution in [0.4, 0.5) is 0 Å². The summed E-state index contributed by atoms with van der Waals surface area (Å²) in [5, 5.41) is 0. The van der Waals surface area contributed by atoms with Crippen molar-refractivity contribution in [2.24, 2.45) is 4.99 Å². The van der Waals surface area contributed by atoms with Gasteiger partial charge in [0.05, 0.1) is 28.5 Å². The third-order valence-corrected chi connectivity index (χ3v) is 8.09. The maximum atomic E-state index is 14.1. The molecule has 8 heteroatoms. The van der Waals surface area contributed by atoms with E-state index in [2.05, 4.69) is 49.6 Å². The van der Waals surface area contributed by atoms with Gasteiger partial charge in [0, 0.05) is 22.6 Å². The smallest absolute Gasteiger partial charge is 0.338 e. The molecule has 3 heterocycles. The van der Waals surface area contributed by atoms with E-state index in [1.165, 1.54) is 16.9 Å². The molecule has 2 aromatic heterocycles. The first-order valence-electron chi connectivity index (χ1n) is 13.8. The van der Waals surface area contributed by atoms with Gasteiger partial charge >= 0.3 is 5.97 Å². The van der Waals surface area contributed by atoms with E-state index >= 15 is 0 Å². The van der Waals surface area contributed by atoms with E-state index in [1.54, 1.807) is 18.4 Å². The van der Waals surface area contributed by atoms with Gasteiger partial charge < -0.3 is 14.0 Å². The third kappa shape index (κ3) is 5.32. The Morgan fingerprint density at radius 1 is 1.07 bits per heavy atom. The van der Waals surface area contributed by atoms with Crippen LogP contribution in [0.15, 0.2) is 75.7 Å². The highest BCUT2D eigenvalue weighted by molar-refractivity contribution is 7.07. The van der Waals surface area contributed by atoms with Gasteiger partial charge in [-0.2, -0.15) is 0 Å². The van der Waals surface area contributed by atoms with Crippen LogP contribution in [0.3, 0.4) is 0 Å². The highest BCUT2D eigenvalue weighted by Gasteiger charge is 2.35. The molecule has 0 unspecified atom stereocenters. The molecule has 0 spiro atoms. The summed E-state index contributed by atoms with van der Waals surface area (Å²) in [7, 11) is 0. The number of para-hydroxylation sites is 1.